The first-order valence-corrected chi connectivity index (χ1v) is 5.36. The highest BCUT2D eigenvalue weighted by Gasteiger charge is 2.19. The van der Waals surface area contributed by atoms with Crippen LogP contribution < -0.4 is 10.6 Å². The van der Waals surface area contributed by atoms with Gasteiger partial charge in [0, 0.05) is 18.7 Å². The second kappa shape index (κ2) is 5.26. The standard InChI is InChI=1S/C11H11F3N2O2/c12-6-3-8(13)10(14)9(4-6)16-11(17)15-7-1-2-18-5-7/h3-4,7H,1-2,5H2,(H2,15,16,17). The number of benzene rings is 1. The average Bonchev–Trinajstić information content (AvgIpc) is 2.77. The largest absolute Gasteiger partial charge is 0.379 e. The van der Waals surface area contributed by atoms with Crippen LogP contribution in [0.5, 0.6) is 0 Å². The van der Waals surface area contributed by atoms with Crippen molar-refractivity contribution in [2.24, 2.45) is 0 Å². The number of hydrogen-bond donors (Lipinski definition) is 2. The van der Waals surface area contributed by atoms with E-state index in [9.17, 15) is 18.0 Å². The van der Waals surface area contributed by atoms with Crippen molar-refractivity contribution in [3.8, 4) is 0 Å². The van der Waals surface area contributed by atoms with Crippen LogP contribution in [0, 0.1) is 17.5 Å². The van der Waals surface area contributed by atoms with Gasteiger partial charge in [-0.25, -0.2) is 18.0 Å². The second-order valence-corrected chi connectivity index (χ2v) is 3.91. The first-order valence-electron chi connectivity index (χ1n) is 5.36. The van der Waals surface area contributed by atoms with Crippen molar-refractivity contribution in [1.82, 2.24) is 5.32 Å². The maximum atomic E-state index is 13.2. The van der Waals surface area contributed by atoms with E-state index in [2.05, 4.69) is 10.6 Å². The van der Waals surface area contributed by atoms with Gasteiger partial charge in [-0.1, -0.05) is 0 Å². The molecular formula is C11H11F3N2O2. The minimum atomic E-state index is -1.35. The molecule has 18 heavy (non-hydrogen) atoms. The van der Waals surface area contributed by atoms with Crippen LogP contribution in [0.3, 0.4) is 0 Å². The summed E-state index contributed by atoms with van der Waals surface area (Å²) in [7, 11) is 0. The normalized spacial score (nSPS) is 18.7. The number of anilines is 1. The smallest absolute Gasteiger partial charge is 0.319 e. The van der Waals surface area contributed by atoms with Crippen LogP contribution >= 0.6 is 0 Å². The number of amides is 2. The van der Waals surface area contributed by atoms with E-state index in [4.69, 9.17) is 4.74 Å². The summed E-state index contributed by atoms with van der Waals surface area (Å²) in [5, 5.41) is 4.57. The monoisotopic (exact) mass is 260 g/mol. The highest BCUT2D eigenvalue weighted by molar-refractivity contribution is 5.89. The third-order valence-corrected chi connectivity index (χ3v) is 2.51. The Morgan fingerprint density at radius 3 is 2.78 bits per heavy atom. The fourth-order valence-electron chi connectivity index (χ4n) is 1.64. The first kappa shape index (κ1) is 12.7. The second-order valence-electron chi connectivity index (χ2n) is 3.91. The van der Waals surface area contributed by atoms with Gasteiger partial charge >= 0.3 is 6.03 Å². The lowest BCUT2D eigenvalue weighted by Crippen LogP contribution is -2.38. The minimum absolute atomic E-state index is 0.175. The van der Waals surface area contributed by atoms with Crippen LogP contribution in [0.2, 0.25) is 0 Å². The SMILES string of the molecule is O=C(Nc1cc(F)cc(F)c1F)NC1CCOC1. The number of carbonyl (C=O) groups is 1. The Morgan fingerprint density at radius 1 is 1.33 bits per heavy atom. The molecule has 1 fully saturated rings. The number of carbonyl (C=O) groups excluding carboxylic acids is 1. The number of nitrogens with one attached hydrogen (secondary N) is 2. The maximum Gasteiger partial charge on any atom is 0.319 e. The number of urea groups is 1. The van der Waals surface area contributed by atoms with Gasteiger partial charge < -0.3 is 15.4 Å². The lowest BCUT2D eigenvalue weighted by atomic mass is 10.2. The van der Waals surface area contributed by atoms with Gasteiger partial charge in [0.25, 0.3) is 0 Å². The zero-order valence-electron chi connectivity index (χ0n) is 9.30. The van der Waals surface area contributed by atoms with Crippen molar-refractivity contribution in [3.05, 3.63) is 29.6 Å². The maximum absolute atomic E-state index is 13.2. The molecule has 2 rings (SSSR count). The van der Waals surface area contributed by atoms with Gasteiger partial charge in [0.1, 0.15) is 5.82 Å². The molecule has 2 amide bonds. The van der Waals surface area contributed by atoms with Gasteiger partial charge in [-0.2, -0.15) is 0 Å². The Balaban J connectivity index is 2.02. The number of ether oxygens (including phenoxy) is 1. The van der Waals surface area contributed by atoms with Gasteiger partial charge in [-0.05, 0) is 6.42 Å². The van der Waals surface area contributed by atoms with Crippen LogP contribution in [0.1, 0.15) is 6.42 Å². The molecule has 1 aliphatic heterocycles. The van der Waals surface area contributed by atoms with Crippen LogP contribution in [-0.4, -0.2) is 25.3 Å². The van der Waals surface area contributed by atoms with Crippen LogP contribution in [0.25, 0.3) is 0 Å². The van der Waals surface area contributed by atoms with E-state index in [1.807, 2.05) is 0 Å². The predicted molar refractivity (Wildman–Crippen MR) is 57.7 cm³/mol. The van der Waals surface area contributed by atoms with Crippen LogP contribution in [-0.2, 0) is 4.74 Å². The fraction of sp³-hybridized carbons (Fsp3) is 0.364. The summed E-state index contributed by atoms with van der Waals surface area (Å²) in [6.45, 7) is 0.904. The summed E-state index contributed by atoms with van der Waals surface area (Å²) in [6.07, 6.45) is 0.646. The molecule has 1 saturated heterocycles. The van der Waals surface area contributed by atoms with Gasteiger partial charge in [0.05, 0.1) is 18.3 Å². The molecule has 2 N–H and O–H groups in total. The van der Waals surface area contributed by atoms with E-state index < -0.39 is 29.2 Å². The van der Waals surface area contributed by atoms with Gasteiger partial charge in [-0.15, -0.1) is 0 Å². The topological polar surface area (TPSA) is 50.4 Å². The summed E-state index contributed by atoms with van der Waals surface area (Å²) in [6, 6.07) is 0.215. The van der Waals surface area contributed by atoms with E-state index in [-0.39, 0.29) is 6.04 Å². The number of hydrogen-bond acceptors (Lipinski definition) is 2. The first-order chi connectivity index (χ1) is 8.56. The number of rotatable bonds is 2. The highest BCUT2D eigenvalue weighted by Crippen LogP contribution is 2.19. The molecule has 98 valence electrons. The third kappa shape index (κ3) is 2.92. The molecule has 1 aromatic rings. The average molecular weight is 260 g/mol. The molecule has 1 unspecified atom stereocenters. The van der Waals surface area contributed by atoms with E-state index in [1.54, 1.807) is 0 Å². The predicted octanol–water partition coefficient (Wildman–Crippen LogP) is 2.01. The third-order valence-electron chi connectivity index (χ3n) is 2.51. The fourth-order valence-corrected chi connectivity index (χ4v) is 1.64. The summed E-state index contributed by atoms with van der Waals surface area (Å²) in [5.41, 5.74) is -0.538. The van der Waals surface area contributed by atoms with Gasteiger partial charge in [0.2, 0.25) is 0 Å². The number of halogens is 3. The van der Waals surface area contributed by atoms with Crippen molar-refractivity contribution in [2.45, 2.75) is 12.5 Å². The molecule has 0 saturated carbocycles. The molecule has 0 bridgehead atoms. The van der Waals surface area contributed by atoms with E-state index in [1.165, 1.54) is 0 Å². The molecule has 0 aromatic heterocycles. The highest BCUT2D eigenvalue weighted by atomic mass is 19.2. The molecule has 0 aliphatic carbocycles. The van der Waals surface area contributed by atoms with Crippen molar-refractivity contribution in [3.63, 3.8) is 0 Å². The summed E-state index contributed by atoms with van der Waals surface area (Å²) in [4.78, 5) is 11.5. The molecular weight excluding hydrogens is 249 g/mol. The van der Waals surface area contributed by atoms with Crippen LogP contribution in [0.4, 0.5) is 23.7 Å². The molecule has 1 aromatic carbocycles. The summed E-state index contributed by atoms with van der Waals surface area (Å²) >= 11 is 0. The molecule has 1 aliphatic rings. The lowest BCUT2D eigenvalue weighted by molar-refractivity contribution is 0.189. The van der Waals surface area contributed by atoms with Gasteiger partial charge in [0.15, 0.2) is 11.6 Å². The van der Waals surface area contributed by atoms with Crippen molar-refractivity contribution < 1.29 is 22.7 Å². The Bertz CT molecular complexity index is 462. The molecule has 1 heterocycles. The zero-order chi connectivity index (χ0) is 13.1. The van der Waals surface area contributed by atoms with E-state index in [0.717, 1.165) is 0 Å². The quantitative estimate of drug-likeness (QED) is 0.799. The Hall–Kier alpha value is -1.76. The van der Waals surface area contributed by atoms with Crippen molar-refractivity contribution >= 4 is 11.7 Å². The molecule has 0 radical (unpaired) electrons. The Morgan fingerprint density at radius 2 is 2.11 bits per heavy atom. The Kier molecular flexibility index (Phi) is 3.71. The minimum Gasteiger partial charge on any atom is -0.379 e. The van der Waals surface area contributed by atoms with E-state index >= 15 is 0 Å². The Labute approximate surface area is 101 Å². The molecule has 4 nitrogen and oxygen atoms in total. The van der Waals surface area contributed by atoms with Crippen molar-refractivity contribution in [2.75, 3.05) is 18.5 Å². The lowest BCUT2D eigenvalue weighted by Gasteiger charge is -2.12. The van der Waals surface area contributed by atoms with E-state index in [0.29, 0.717) is 31.8 Å². The molecule has 0 spiro atoms. The molecule has 1 atom stereocenters. The summed E-state index contributed by atoms with van der Waals surface area (Å²) < 4.78 is 44.0. The van der Waals surface area contributed by atoms with Crippen molar-refractivity contribution in [1.29, 1.82) is 0 Å². The van der Waals surface area contributed by atoms with Gasteiger partial charge in [-0.3, -0.25) is 0 Å². The summed E-state index contributed by atoms with van der Waals surface area (Å²) in [5.74, 6) is -3.61. The van der Waals surface area contributed by atoms with Crippen LogP contribution in [0.15, 0.2) is 12.1 Å². The molecule has 7 heteroatoms. The zero-order valence-corrected chi connectivity index (χ0v) is 9.30.